The third-order valence-corrected chi connectivity index (χ3v) is 10.7. The lowest BCUT2D eigenvalue weighted by molar-refractivity contribution is -0.120. The molecule has 260 valence electrons. The van der Waals surface area contributed by atoms with Crippen molar-refractivity contribution in [2.75, 3.05) is 38.7 Å². The zero-order valence-electron chi connectivity index (χ0n) is 28.2. The standard InChI is InChI=1S/C38H41Cl2N7O3/c1-47-18-17-30(42-21-24-11-16-34(49)44-24)29-12-14-31(45-37(29)47)27-7-3-5-25(35(27)39)26-6-4-8-28(36(26)40)32-13-9-22(38(46-32)50-2)19-41-20-23-10-15-33(48)43-23/h3-9,12-14,23-24,30,41-42H,10-11,15-21H2,1-2H3,(H,43,48)(H,44,49)/t23-,24-,30?/m0/s1. The maximum Gasteiger partial charge on any atom is 0.220 e. The minimum Gasteiger partial charge on any atom is -0.481 e. The van der Waals surface area contributed by atoms with Crippen LogP contribution < -0.4 is 30.9 Å². The van der Waals surface area contributed by atoms with E-state index in [-0.39, 0.29) is 29.9 Å². The van der Waals surface area contributed by atoms with Gasteiger partial charge in [-0.3, -0.25) is 9.59 Å². The number of carbonyl (C=O) groups excluding carboxylic acids is 2. The van der Waals surface area contributed by atoms with E-state index in [0.717, 1.165) is 77.2 Å². The Morgan fingerprint density at radius 1 is 0.800 bits per heavy atom. The monoisotopic (exact) mass is 713 g/mol. The van der Waals surface area contributed by atoms with E-state index >= 15 is 0 Å². The minimum absolute atomic E-state index is 0.103. The highest BCUT2D eigenvalue weighted by Crippen LogP contribution is 2.43. The lowest BCUT2D eigenvalue weighted by Crippen LogP contribution is -2.40. The highest BCUT2D eigenvalue weighted by molar-refractivity contribution is 6.39. The number of fused-ring (bicyclic) bond motifs is 1. The number of ether oxygens (including phenoxy) is 1. The second-order valence-corrected chi connectivity index (χ2v) is 14.0. The fourth-order valence-corrected chi connectivity index (χ4v) is 7.76. The maximum atomic E-state index is 11.7. The number of rotatable bonds is 11. The Balaban J connectivity index is 1.12. The van der Waals surface area contributed by atoms with Gasteiger partial charge < -0.3 is 30.9 Å². The molecule has 3 atom stereocenters. The van der Waals surface area contributed by atoms with E-state index in [9.17, 15) is 9.59 Å². The Morgan fingerprint density at radius 3 is 2.02 bits per heavy atom. The van der Waals surface area contributed by atoms with Crippen LogP contribution in [0.15, 0.2) is 60.7 Å². The largest absolute Gasteiger partial charge is 0.481 e. The molecule has 0 spiro atoms. The van der Waals surface area contributed by atoms with Gasteiger partial charge in [-0.25, -0.2) is 9.97 Å². The van der Waals surface area contributed by atoms with Crippen LogP contribution in [0.5, 0.6) is 5.88 Å². The summed E-state index contributed by atoms with van der Waals surface area (Å²) in [6.07, 6.45) is 3.83. The Morgan fingerprint density at radius 2 is 1.40 bits per heavy atom. The van der Waals surface area contributed by atoms with E-state index < -0.39 is 0 Å². The van der Waals surface area contributed by atoms with E-state index in [1.54, 1.807) is 7.11 Å². The molecule has 2 aromatic heterocycles. The summed E-state index contributed by atoms with van der Waals surface area (Å²) in [5.41, 5.74) is 6.70. The van der Waals surface area contributed by atoms with Gasteiger partial charge in [0.15, 0.2) is 0 Å². The lowest BCUT2D eigenvalue weighted by Gasteiger charge is -2.33. The SMILES string of the molecule is COc1nc(-c2cccc(-c3cccc(-c4ccc5c(n4)N(C)CCC5NC[C@@H]4CCC(=O)N4)c3Cl)c2Cl)ccc1CNC[C@@H]1CCC(=O)N1. The smallest absolute Gasteiger partial charge is 0.220 e. The number of halogens is 2. The van der Waals surface area contributed by atoms with Crippen molar-refractivity contribution in [1.82, 2.24) is 31.2 Å². The van der Waals surface area contributed by atoms with Gasteiger partial charge in [-0.1, -0.05) is 71.7 Å². The van der Waals surface area contributed by atoms with Crippen molar-refractivity contribution in [3.8, 4) is 39.5 Å². The molecule has 12 heteroatoms. The summed E-state index contributed by atoms with van der Waals surface area (Å²) < 4.78 is 5.67. The number of methoxy groups -OCH3 is 1. The minimum atomic E-state index is 0.103. The van der Waals surface area contributed by atoms with Crippen LogP contribution in [0.25, 0.3) is 33.6 Å². The number of pyridine rings is 2. The van der Waals surface area contributed by atoms with Crippen molar-refractivity contribution in [3.63, 3.8) is 0 Å². The first-order valence-corrected chi connectivity index (χ1v) is 17.9. The Labute approximate surface area is 302 Å². The van der Waals surface area contributed by atoms with Crippen LogP contribution in [0, 0.1) is 0 Å². The molecule has 1 unspecified atom stereocenters. The van der Waals surface area contributed by atoms with Gasteiger partial charge >= 0.3 is 0 Å². The predicted octanol–water partition coefficient (Wildman–Crippen LogP) is 5.91. The number of amides is 2. The summed E-state index contributed by atoms with van der Waals surface area (Å²) >= 11 is 14.3. The van der Waals surface area contributed by atoms with Crippen LogP contribution in [-0.2, 0) is 16.1 Å². The van der Waals surface area contributed by atoms with Crippen molar-refractivity contribution in [1.29, 1.82) is 0 Å². The highest BCUT2D eigenvalue weighted by atomic mass is 35.5. The topological polar surface area (TPSA) is 121 Å². The number of benzene rings is 2. The third kappa shape index (κ3) is 7.16. The van der Waals surface area contributed by atoms with Gasteiger partial charge in [-0.2, -0.15) is 0 Å². The average molecular weight is 715 g/mol. The van der Waals surface area contributed by atoms with Gasteiger partial charge in [0.2, 0.25) is 17.7 Å². The van der Waals surface area contributed by atoms with Crippen LogP contribution in [-0.4, -0.2) is 67.7 Å². The summed E-state index contributed by atoms with van der Waals surface area (Å²) in [7, 11) is 3.67. The number of anilines is 1. The van der Waals surface area contributed by atoms with E-state index in [4.69, 9.17) is 37.9 Å². The number of hydrogen-bond donors (Lipinski definition) is 4. The molecule has 10 nitrogen and oxygen atoms in total. The van der Waals surface area contributed by atoms with E-state index in [1.807, 2.05) is 54.6 Å². The molecule has 3 aliphatic heterocycles. The molecular weight excluding hydrogens is 673 g/mol. The Hall–Kier alpha value is -4.22. The average Bonchev–Trinajstić information content (AvgIpc) is 3.75. The van der Waals surface area contributed by atoms with Gasteiger partial charge in [-0.05, 0) is 31.4 Å². The molecule has 0 saturated carbocycles. The molecule has 2 fully saturated rings. The molecule has 4 N–H and O–H groups in total. The van der Waals surface area contributed by atoms with Crippen molar-refractivity contribution >= 4 is 40.8 Å². The van der Waals surface area contributed by atoms with Crippen LogP contribution >= 0.6 is 23.2 Å². The van der Waals surface area contributed by atoms with Crippen LogP contribution in [0.4, 0.5) is 5.82 Å². The third-order valence-electron chi connectivity index (χ3n) is 9.85. The number of hydrogen-bond acceptors (Lipinski definition) is 8. The quantitative estimate of drug-likeness (QED) is 0.152. The molecule has 7 rings (SSSR count). The summed E-state index contributed by atoms with van der Waals surface area (Å²) in [5.74, 6) is 1.67. The van der Waals surface area contributed by atoms with Crippen LogP contribution in [0.1, 0.15) is 49.3 Å². The molecule has 2 aromatic carbocycles. The first kappa shape index (κ1) is 34.2. The summed E-state index contributed by atoms with van der Waals surface area (Å²) in [5, 5.41) is 14.2. The molecule has 2 saturated heterocycles. The molecule has 50 heavy (non-hydrogen) atoms. The Kier molecular flexibility index (Phi) is 10.2. The Bertz CT molecular complexity index is 1920. The number of nitrogens with zero attached hydrogens (tertiary/aromatic N) is 3. The summed E-state index contributed by atoms with van der Waals surface area (Å²) in [6.45, 7) is 2.84. The molecule has 0 bridgehead atoms. The fraction of sp³-hybridized carbons (Fsp3) is 0.368. The van der Waals surface area contributed by atoms with Crippen molar-refractivity contribution < 1.29 is 14.3 Å². The first-order valence-electron chi connectivity index (χ1n) is 17.2. The van der Waals surface area contributed by atoms with Gasteiger partial charge in [0.05, 0.1) is 28.5 Å². The molecule has 3 aliphatic rings. The van der Waals surface area contributed by atoms with E-state index in [1.165, 1.54) is 0 Å². The van der Waals surface area contributed by atoms with Crippen molar-refractivity contribution in [2.24, 2.45) is 0 Å². The van der Waals surface area contributed by atoms with Gasteiger partial charge in [0.1, 0.15) is 5.82 Å². The summed E-state index contributed by atoms with van der Waals surface area (Å²) in [6, 6.07) is 20.4. The first-order chi connectivity index (χ1) is 24.3. The predicted molar refractivity (Wildman–Crippen MR) is 198 cm³/mol. The van der Waals surface area contributed by atoms with Gasteiger partial charge in [0, 0.05) is 97.6 Å². The number of aromatic nitrogens is 2. The van der Waals surface area contributed by atoms with E-state index in [0.29, 0.717) is 47.6 Å². The van der Waals surface area contributed by atoms with Gasteiger partial charge in [0.25, 0.3) is 0 Å². The van der Waals surface area contributed by atoms with Crippen molar-refractivity contribution in [3.05, 3.63) is 81.8 Å². The summed E-state index contributed by atoms with van der Waals surface area (Å²) in [4.78, 5) is 35.3. The lowest BCUT2D eigenvalue weighted by atomic mass is 9.96. The zero-order chi connectivity index (χ0) is 34.8. The number of carbonyl (C=O) groups is 2. The van der Waals surface area contributed by atoms with Crippen LogP contribution in [0.2, 0.25) is 10.0 Å². The zero-order valence-corrected chi connectivity index (χ0v) is 29.7. The molecular formula is C38H41Cl2N7O3. The maximum absolute atomic E-state index is 11.7. The number of nitrogens with one attached hydrogen (secondary N) is 4. The van der Waals surface area contributed by atoms with Crippen molar-refractivity contribution in [2.45, 2.75) is 56.8 Å². The highest BCUT2D eigenvalue weighted by Gasteiger charge is 2.28. The molecule has 5 heterocycles. The molecule has 0 aliphatic carbocycles. The van der Waals surface area contributed by atoms with Crippen LogP contribution in [0.3, 0.4) is 0 Å². The van der Waals surface area contributed by atoms with Gasteiger partial charge in [-0.15, -0.1) is 0 Å². The molecule has 2 amide bonds. The van der Waals surface area contributed by atoms with E-state index in [2.05, 4.69) is 39.3 Å². The second kappa shape index (κ2) is 14.9. The second-order valence-electron chi connectivity index (χ2n) is 13.2. The molecule has 0 radical (unpaired) electrons. The fourth-order valence-electron chi connectivity index (χ4n) is 7.12. The normalized spacial score (nSPS) is 20.1. The molecule has 4 aromatic rings.